The van der Waals surface area contributed by atoms with Crippen LogP contribution in [0.3, 0.4) is 0 Å². The Morgan fingerprint density at radius 3 is 1.92 bits per heavy atom. The molecule has 3 rings (SSSR count). The summed E-state index contributed by atoms with van der Waals surface area (Å²) in [7, 11) is 0. The third-order valence-electron chi connectivity index (χ3n) is 3.42. The minimum Gasteiger partial charge on any atom is -0.618 e. The van der Waals surface area contributed by atoms with Crippen molar-refractivity contribution < 1.29 is 9.52 Å². The summed E-state index contributed by atoms with van der Waals surface area (Å²) >= 11 is 0. The second-order valence-corrected chi connectivity index (χ2v) is 5.05. The van der Waals surface area contributed by atoms with Gasteiger partial charge in [-0.2, -0.15) is 9.83 Å². The van der Waals surface area contributed by atoms with Crippen molar-refractivity contribution in [3.8, 4) is 0 Å². The molecule has 0 bridgehead atoms. The van der Waals surface area contributed by atoms with Gasteiger partial charge in [0.1, 0.15) is 0 Å². The largest absolute Gasteiger partial charge is 0.618 e. The molecule has 3 aromatic rings. The van der Waals surface area contributed by atoms with Crippen LogP contribution in [0.4, 0.5) is 0 Å². The van der Waals surface area contributed by atoms with Crippen LogP contribution >= 0.6 is 0 Å². The second-order valence-electron chi connectivity index (χ2n) is 5.05. The zero-order chi connectivity index (χ0) is 16.8. The van der Waals surface area contributed by atoms with Crippen molar-refractivity contribution in [3.05, 3.63) is 107 Å². The van der Waals surface area contributed by atoms with Crippen LogP contribution in [0.5, 0.6) is 0 Å². The Morgan fingerprint density at radius 1 is 0.833 bits per heavy atom. The standard InChI is InChI=1S/C19H15N3O2/c23-19(17-13-7-8-14-22(17)24)21-20-18(15-9-3-1-4-10-15)16-11-5-2-6-12-16/h1-14H,(H,21,23). The first-order chi connectivity index (χ1) is 11.8. The molecule has 1 aromatic heterocycles. The third-order valence-corrected chi connectivity index (χ3v) is 3.42. The molecule has 24 heavy (non-hydrogen) atoms. The number of aromatic nitrogens is 1. The van der Waals surface area contributed by atoms with Gasteiger partial charge in [0.2, 0.25) is 0 Å². The van der Waals surface area contributed by atoms with Crippen molar-refractivity contribution >= 4 is 11.6 Å². The maximum Gasteiger partial charge on any atom is 0.337 e. The van der Waals surface area contributed by atoms with Crippen LogP contribution in [0.1, 0.15) is 21.6 Å². The highest BCUT2D eigenvalue weighted by molar-refractivity contribution is 6.13. The summed E-state index contributed by atoms with van der Waals surface area (Å²) in [6.45, 7) is 0. The number of pyridine rings is 1. The zero-order valence-corrected chi connectivity index (χ0v) is 12.8. The topological polar surface area (TPSA) is 68.4 Å². The third kappa shape index (κ3) is 3.47. The van der Waals surface area contributed by atoms with E-state index >= 15 is 0 Å². The highest BCUT2D eigenvalue weighted by atomic mass is 16.5. The Balaban J connectivity index is 1.93. The fourth-order valence-corrected chi connectivity index (χ4v) is 2.26. The van der Waals surface area contributed by atoms with Crippen molar-refractivity contribution in [3.63, 3.8) is 0 Å². The van der Waals surface area contributed by atoms with Crippen LogP contribution in [-0.4, -0.2) is 11.6 Å². The maximum absolute atomic E-state index is 12.2. The Bertz CT molecular complexity index is 821. The van der Waals surface area contributed by atoms with Crippen molar-refractivity contribution in [2.24, 2.45) is 5.10 Å². The summed E-state index contributed by atoms with van der Waals surface area (Å²) in [6, 6.07) is 23.7. The molecule has 1 heterocycles. The fourth-order valence-electron chi connectivity index (χ4n) is 2.26. The van der Waals surface area contributed by atoms with E-state index in [0.29, 0.717) is 10.4 Å². The number of hydrazone groups is 1. The molecule has 0 aliphatic heterocycles. The van der Waals surface area contributed by atoms with Gasteiger partial charge in [-0.25, -0.2) is 5.43 Å². The molecular weight excluding hydrogens is 302 g/mol. The molecule has 5 heteroatoms. The fraction of sp³-hybridized carbons (Fsp3) is 0. The molecule has 5 nitrogen and oxygen atoms in total. The number of rotatable bonds is 4. The van der Waals surface area contributed by atoms with E-state index in [0.717, 1.165) is 11.1 Å². The van der Waals surface area contributed by atoms with E-state index in [1.807, 2.05) is 60.7 Å². The van der Waals surface area contributed by atoms with Crippen LogP contribution < -0.4 is 10.2 Å². The van der Waals surface area contributed by atoms with Crippen LogP contribution in [0, 0.1) is 5.21 Å². The maximum atomic E-state index is 12.2. The first-order valence-electron chi connectivity index (χ1n) is 7.43. The summed E-state index contributed by atoms with van der Waals surface area (Å²) in [5.74, 6) is -0.560. The molecule has 0 aliphatic rings. The van der Waals surface area contributed by atoms with E-state index in [9.17, 15) is 10.0 Å². The first-order valence-corrected chi connectivity index (χ1v) is 7.43. The minimum atomic E-state index is -0.560. The molecule has 1 N–H and O–H groups in total. The number of amides is 1. The predicted molar refractivity (Wildman–Crippen MR) is 91.4 cm³/mol. The molecule has 0 radical (unpaired) electrons. The monoisotopic (exact) mass is 317 g/mol. The molecule has 118 valence electrons. The minimum absolute atomic E-state index is 0.0123. The second kappa shape index (κ2) is 7.19. The summed E-state index contributed by atoms with van der Waals surface area (Å²) in [6.07, 6.45) is 1.27. The summed E-state index contributed by atoms with van der Waals surface area (Å²) in [4.78, 5) is 12.2. The Kier molecular flexibility index (Phi) is 4.62. The average molecular weight is 317 g/mol. The molecule has 1 amide bonds. The molecule has 0 spiro atoms. The lowest BCUT2D eigenvalue weighted by Gasteiger charge is -2.08. The summed E-state index contributed by atoms with van der Waals surface area (Å²) in [5, 5.41) is 15.9. The van der Waals surface area contributed by atoms with Crippen molar-refractivity contribution in [1.29, 1.82) is 0 Å². The van der Waals surface area contributed by atoms with E-state index in [1.165, 1.54) is 12.3 Å². The van der Waals surface area contributed by atoms with Crippen molar-refractivity contribution in [2.45, 2.75) is 0 Å². The van der Waals surface area contributed by atoms with Gasteiger partial charge in [-0.15, -0.1) is 0 Å². The van der Waals surface area contributed by atoms with Gasteiger partial charge in [0, 0.05) is 23.3 Å². The lowest BCUT2D eigenvalue weighted by Crippen LogP contribution is -2.37. The number of carbonyl (C=O) groups is 1. The number of nitrogens with zero attached hydrogens (tertiary/aromatic N) is 2. The molecule has 0 unspecified atom stereocenters. The van der Waals surface area contributed by atoms with E-state index in [2.05, 4.69) is 10.5 Å². The summed E-state index contributed by atoms with van der Waals surface area (Å²) in [5.41, 5.74) is 4.81. The van der Waals surface area contributed by atoms with E-state index in [-0.39, 0.29) is 5.69 Å². The smallest absolute Gasteiger partial charge is 0.337 e. The number of benzene rings is 2. The molecular formula is C19H15N3O2. The molecule has 0 saturated heterocycles. The molecule has 0 aliphatic carbocycles. The van der Waals surface area contributed by atoms with Gasteiger partial charge in [0.25, 0.3) is 5.69 Å². The van der Waals surface area contributed by atoms with Crippen LogP contribution in [0.25, 0.3) is 0 Å². The first kappa shape index (κ1) is 15.4. The van der Waals surface area contributed by atoms with E-state index in [4.69, 9.17) is 0 Å². The van der Waals surface area contributed by atoms with Crippen molar-refractivity contribution in [2.75, 3.05) is 0 Å². The van der Waals surface area contributed by atoms with Crippen LogP contribution in [-0.2, 0) is 0 Å². The van der Waals surface area contributed by atoms with Crippen molar-refractivity contribution in [1.82, 2.24) is 5.43 Å². The average Bonchev–Trinajstić information content (AvgIpc) is 2.64. The number of hydrogen-bond donors (Lipinski definition) is 1. The van der Waals surface area contributed by atoms with E-state index in [1.54, 1.807) is 12.1 Å². The Morgan fingerprint density at radius 2 is 1.38 bits per heavy atom. The lowest BCUT2D eigenvalue weighted by atomic mass is 10.0. The summed E-state index contributed by atoms with van der Waals surface area (Å²) < 4.78 is 0.509. The quantitative estimate of drug-likeness (QED) is 0.348. The number of nitrogens with one attached hydrogen (secondary N) is 1. The van der Waals surface area contributed by atoms with Crippen LogP contribution in [0.15, 0.2) is 90.2 Å². The van der Waals surface area contributed by atoms with Gasteiger partial charge < -0.3 is 5.21 Å². The highest BCUT2D eigenvalue weighted by Crippen LogP contribution is 2.10. The lowest BCUT2D eigenvalue weighted by molar-refractivity contribution is -0.607. The van der Waals surface area contributed by atoms with E-state index < -0.39 is 5.91 Å². The van der Waals surface area contributed by atoms with Gasteiger partial charge in [-0.3, -0.25) is 4.79 Å². The molecule has 0 saturated carbocycles. The molecule has 0 atom stereocenters. The highest BCUT2D eigenvalue weighted by Gasteiger charge is 2.15. The van der Waals surface area contributed by atoms with Crippen LogP contribution in [0.2, 0.25) is 0 Å². The Hall–Kier alpha value is -3.47. The van der Waals surface area contributed by atoms with Gasteiger partial charge >= 0.3 is 5.91 Å². The van der Waals surface area contributed by atoms with Gasteiger partial charge in [0.05, 0.1) is 5.71 Å². The Labute approximate surface area is 139 Å². The SMILES string of the molecule is O=C(NN=C(c1ccccc1)c1ccccc1)c1cccc[n+]1[O-]. The molecule has 2 aromatic carbocycles. The molecule has 0 fully saturated rings. The number of hydrogen-bond acceptors (Lipinski definition) is 3. The predicted octanol–water partition coefficient (Wildman–Crippen LogP) is 2.50. The zero-order valence-electron chi connectivity index (χ0n) is 12.8. The van der Waals surface area contributed by atoms with Gasteiger partial charge in [-0.1, -0.05) is 60.7 Å². The normalized spacial score (nSPS) is 10.0. The number of carbonyl (C=O) groups excluding carboxylic acids is 1. The van der Waals surface area contributed by atoms with Gasteiger partial charge in [0.15, 0.2) is 6.20 Å². The van der Waals surface area contributed by atoms with Gasteiger partial charge in [-0.05, 0) is 6.07 Å².